The Morgan fingerprint density at radius 1 is 1.33 bits per heavy atom. The van der Waals surface area contributed by atoms with Gasteiger partial charge in [-0.15, -0.1) is 0 Å². The van der Waals surface area contributed by atoms with Crippen LogP contribution in [0.1, 0.15) is 17.0 Å². The van der Waals surface area contributed by atoms with Crippen LogP contribution in [0.2, 0.25) is 0 Å². The number of nitrogens with zero attached hydrogens (tertiary/aromatic N) is 3. The van der Waals surface area contributed by atoms with Crippen molar-refractivity contribution in [1.29, 1.82) is 5.26 Å². The Bertz CT molecular complexity index is 571. The summed E-state index contributed by atoms with van der Waals surface area (Å²) in [4.78, 5) is 8.49. The smallest absolute Gasteiger partial charge is 0.141 e. The molecule has 3 nitrogen and oxygen atoms in total. The lowest BCUT2D eigenvalue weighted by molar-refractivity contribution is 1.07. The normalized spacial score (nSPS) is 16.2. The second-order valence-electron chi connectivity index (χ2n) is 3.53. The first-order valence-corrected chi connectivity index (χ1v) is 4.72. The summed E-state index contributed by atoms with van der Waals surface area (Å²) in [5, 5.41) is 8.75. The average molecular weight is 193 g/mol. The van der Waals surface area contributed by atoms with Crippen molar-refractivity contribution >= 4 is 12.3 Å². The van der Waals surface area contributed by atoms with Crippen molar-refractivity contribution in [1.82, 2.24) is 4.98 Å². The Balaban J connectivity index is 2.18. The van der Waals surface area contributed by atoms with E-state index in [1.807, 2.05) is 24.3 Å². The summed E-state index contributed by atoms with van der Waals surface area (Å²) in [6.45, 7) is 0. The van der Waals surface area contributed by atoms with E-state index in [1.54, 1.807) is 12.3 Å². The van der Waals surface area contributed by atoms with Crippen LogP contribution in [0.3, 0.4) is 0 Å². The van der Waals surface area contributed by atoms with Crippen LogP contribution in [0.5, 0.6) is 0 Å². The Labute approximate surface area is 87.1 Å². The van der Waals surface area contributed by atoms with Crippen molar-refractivity contribution in [2.24, 2.45) is 4.99 Å². The molecule has 1 aromatic rings. The van der Waals surface area contributed by atoms with Gasteiger partial charge in [0.15, 0.2) is 0 Å². The number of hydrogen-bond acceptors (Lipinski definition) is 3. The topological polar surface area (TPSA) is 49.0 Å². The highest BCUT2D eigenvalue weighted by molar-refractivity contribution is 5.83. The van der Waals surface area contributed by atoms with E-state index in [0.29, 0.717) is 5.69 Å². The molecule has 0 N–H and O–H groups in total. The Hall–Kier alpha value is -2.21. The largest absolute Gasteiger partial charge is 0.257 e. The molecule has 1 aliphatic carbocycles. The van der Waals surface area contributed by atoms with Crippen molar-refractivity contribution in [2.75, 3.05) is 0 Å². The maximum atomic E-state index is 8.75. The molecular formula is C12H7N3. The van der Waals surface area contributed by atoms with Crippen LogP contribution in [0.15, 0.2) is 34.5 Å². The minimum absolute atomic E-state index is 0.458. The molecule has 2 aliphatic rings. The maximum Gasteiger partial charge on any atom is 0.141 e. The summed E-state index contributed by atoms with van der Waals surface area (Å²) in [6.07, 6.45) is 6.63. The molecule has 0 radical (unpaired) electrons. The third kappa shape index (κ3) is 1.19. The quantitative estimate of drug-likeness (QED) is 0.631. The fourth-order valence-electron chi connectivity index (χ4n) is 1.83. The van der Waals surface area contributed by atoms with Gasteiger partial charge in [-0.3, -0.25) is 4.99 Å². The van der Waals surface area contributed by atoms with E-state index in [-0.39, 0.29) is 0 Å². The van der Waals surface area contributed by atoms with Crippen molar-refractivity contribution in [3.8, 4) is 6.07 Å². The predicted molar refractivity (Wildman–Crippen MR) is 57.2 cm³/mol. The molecule has 0 unspecified atom stereocenters. The number of rotatable bonds is 0. The summed E-state index contributed by atoms with van der Waals surface area (Å²) in [5.41, 5.74) is 4.70. The highest BCUT2D eigenvalue weighted by atomic mass is 14.8. The molecule has 0 aromatic carbocycles. The average Bonchev–Trinajstić information content (AvgIpc) is 2.72. The summed E-state index contributed by atoms with van der Waals surface area (Å²) in [5.74, 6) is 0. The first-order chi connectivity index (χ1) is 7.36. The van der Waals surface area contributed by atoms with E-state index in [0.717, 1.165) is 23.4 Å². The van der Waals surface area contributed by atoms with Crippen LogP contribution in [-0.2, 0) is 6.42 Å². The molecule has 0 amide bonds. The monoisotopic (exact) mass is 193 g/mol. The highest BCUT2D eigenvalue weighted by Gasteiger charge is 2.17. The number of fused-ring (bicyclic) bond motifs is 2. The lowest BCUT2D eigenvalue weighted by atomic mass is 9.95. The number of nitriles is 1. The third-order valence-electron chi connectivity index (χ3n) is 2.60. The fourth-order valence-corrected chi connectivity index (χ4v) is 1.83. The summed E-state index contributed by atoms with van der Waals surface area (Å²) in [7, 11) is 0. The zero-order valence-electron chi connectivity index (χ0n) is 7.94. The highest BCUT2D eigenvalue weighted by Crippen LogP contribution is 2.29. The number of aromatic nitrogens is 1. The standard InChI is InChI=1S/C12H7N3/c13-7-10-2-1-8-5-9-3-4-14-11(9)6-12(8)15-10/h1-4,6H,5H2. The predicted octanol–water partition coefficient (Wildman–Crippen LogP) is 1.86. The second-order valence-corrected chi connectivity index (χ2v) is 3.53. The number of hydrogen-bond donors (Lipinski definition) is 0. The van der Waals surface area contributed by atoms with Crippen LogP contribution in [-0.4, -0.2) is 11.2 Å². The molecule has 2 heterocycles. The van der Waals surface area contributed by atoms with E-state index in [4.69, 9.17) is 5.26 Å². The SMILES string of the molecule is N#Cc1ccc2c(n1)C=C1N=CC=C1C2. The molecular weight excluding hydrogens is 186 g/mol. The molecule has 1 aliphatic heterocycles. The minimum Gasteiger partial charge on any atom is -0.257 e. The van der Waals surface area contributed by atoms with Gasteiger partial charge in [-0.25, -0.2) is 4.98 Å². The summed E-state index contributed by atoms with van der Waals surface area (Å²) >= 11 is 0. The second kappa shape index (κ2) is 2.89. The zero-order valence-corrected chi connectivity index (χ0v) is 7.94. The molecule has 3 rings (SSSR count). The van der Waals surface area contributed by atoms with Crippen molar-refractivity contribution in [3.63, 3.8) is 0 Å². The van der Waals surface area contributed by atoms with Gasteiger partial charge in [-0.05, 0) is 29.4 Å². The lowest BCUT2D eigenvalue weighted by Crippen LogP contribution is -2.03. The molecule has 70 valence electrons. The van der Waals surface area contributed by atoms with E-state index >= 15 is 0 Å². The molecule has 0 atom stereocenters. The van der Waals surface area contributed by atoms with Crippen LogP contribution >= 0.6 is 0 Å². The van der Waals surface area contributed by atoms with Crippen molar-refractivity contribution < 1.29 is 0 Å². The first kappa shape index (κ1) is 8.13. The zero-order chi connectivity index (χ0) is 10.3. The van der Waals surface area contributed by atoms with E-state index in [9.17, 15) is 0 Å². The first-order valence-electron chi connectivity index (χ1n) is 4.72. The Morgan fingerprint density at radius 3 is 3.13 bits per heavy atom. The minimum atomic E-state index is 0.458. The van der Waals surface area contributed by atoms with E-state index in [2.05, 4.69) is 9.98 Å². The Morgan fingerprint density at radius 2 is 2.27 bits per heavy atom. The van der Waals surface area contributed by atoms with Gasteiger partial charge in [0.1, 0.15) is 11.8 Å². The van der Waals surface area contributed by atoms with Gasteiger partial charge in [0.2, 0.25) is 0 Å². The summed E-state index contributed by atoms with van der Waals surface area (Å²) < 4.78 is 0. The maximum absolute atomic E-state index is 8.75. The van der Waals surface area contributed by atoms with Gasteiger partial charge in [-0.2, -0.15) is 5.26 Å². The summed E-state index contributed by atoms with van der Waals surface area (Å²) in [6, 6.07) is 5.77. The number of aliphatic imine (C=N–C) groups is 1. The van der Waals surface area contributed by atoms with Gasteiger partial charge in [0.05, 0.1) is 11.4 Å². The van der Waals surface area contributed by atoms with E-state index in [1.165, 1.54) is 5.57 Å². The van der Waals surface area contributed by atoms with E-state index < -0.39 is 0 Å². The molecule has 0 saturated carbocycles. The van der Waals surface area contributed by atoms with Crippen molar-refractivity contribution in [2.45, 2.75) is 6.42 Å². The number of pyridine rings is 1. The van der Waals surface area contributed by atoms with Gasteiger partial charge in [0, 0.05) is 12.6 Å². The molecule has 15 heavy (non-hydrogen) atoms. The van der Waals surface area contributed by atoms with Crippen LogP contribution < -0.4 is 0 Å². The molecule has 0 spiro atoms. The van der Waals surface area contributed by atoms with Gasteiger partial charge < -0.3 is 0 Å². The van der Waals surface area contributed by atoms with Crippen LogP contribution in [0, 0.1) is 11.3 Å². The fraction of sp³-hybridized carbons (Fsp3) is 0.0833. The van der Waals surface area contributed by atoms with Gasteiger partial charge in [-0.1, -0.05) is 6.07 Å². The van der Waals surface area contributed by atoms with Crippen molar-refractivity contribution in [3.05, 3.63) is 46.4 Å². The molecule has 0 fully saturated rings. The van der Waals surface area contributed by atoms with Crippen LogP contribution in [0.4, 0.5) is 0 Å². The van der Waals surface area contributed by atoms with Gasteiger partial charge in [0.25, 0.3) is 0 Å². The number of allylic oxidation sites excluding steroid dienone is 2. The molecule has 0 bridgehead atoms. The third-order valence-corrected chi connectivity index (χ3v) is 2.60. The van der Waals surface area contributed by atoms with Crippen LogP contribution in [0.25, 0.3) is 6.08 Å². The Kier molecular flexibility index (Phi) is 1.57. The van der Waals surface area contributed by atoms with Gasteiger partial charge >= 0.3 is 0 Å². The lowest BCUT2D eigenvalue weighted by Gasteiger charge is -2.13. The molecule has 0 saturated heterocycles. The molecule has 1 aromatic heterocycles. The molecule has 3 heteroatoms.